The van der Waals surface area contributed by atoms with Crippen molar-refractivity contribution in [3.63, 3.8) is 0 Å². The number of halogens is 1. The number of aromatic nitrogens is 2. The molecule has 0 saturated heterocycles. The van der Waals surface area contributed by atoms with Crippen LogP contribution in [0.5, 0.6) is 5.75 Å². The van der Waals surface area contributed by atoms with E-state index < -0.39 is 0 Å². The predicted molar refractivity (Wildman–Crippen MR) is 71.4 cm³/mol. The summed E-state index contributed by atoms with van der Waals surface area (Å²) in [5.74, 6) is -0.227. The van der Waals surface area contributed by atoms with Crippen molar-refractivity contribution in [1.82, 2.24) is 15.1 Å². The zero-order valence-electron chi connectivity index (χ0n) is 11.1. The van der Waals surface area contributed by atoms with Crippen molar-refractivity contribution < 1.29 is 9.50 Å². The van der Waals surface area contributed by atoms with Crippen LogP contribution in [0.1, 0.15) is 24.2 Å². The zero-order chi connectivity index (χ0) is 13.8. The topological polar surface area (TPSA) is 50.1 Å². The lowest BCUT2D eigenvalue weighted by Crippen LogP contribution is -2.22. The van der Waals surface area contributed by atoms with Crippen LogP contribution in [0, 0.1) is 5.82 Å². The molecule has 1 aromatic carbocycles. The molecule has 0 amide bonds. The quantitative estimate of drug-likeness (QED) is 0.869. The van der Waals surface area contributed by atoms with Crippen LogP contribution in [0.15, 0.2) is 30.5 Å². The van der Waals surface area contributed by atoms with Gasteiger partial charge in [-0.15, -0.1) is 0 Å². The third-order valence-electron chi connectivity index (χ3n) is 3.21. The van der Waals surface area contributed by atoms with Gasteiger partial charge in [0.25, 0.3) is 0 Å². The monoisotopic (exact) mass is 263 g/mol. The van der Waals surface area contributed by atoms with Gasteiger partial charge in [-0.05, 0) is 31.2 Å². The van der Waals surface area contributed by atoms with Crippen LogP contribution in [0.25, 0.3) is 0 Å². The first-order chi connectivity index (χ1) is 9.08. The second-order valence-corrected chi connectivity index (χ2v) is 4.58. The van der Waals surface area contributed by atoms with E-state index in [2.05, 4.69) is 10.4 Å². The van der Waals surface area contributed by atoms with Gasteiger partial charge in [-0.1, -0.05) is 0 Å². The van der Waals surface area contributed by atoms with Crippen molar-refractivity contribution in [3.05, 3.63) is 47.5 Å². The third kappa shape index (κ3) is 3.32. The van der Waals surface area contributed by atoms with Crippen molar-refractivity contribution >= 4 is 0 Å². The van der Waals surface area contributed by atoms with Crippen LogP contribution in [-0.4, -0.2) is 21.4 Å². The Bertz CT molecular complexity index is 553. The summed E-state index contributed by atoms with van der Waals surface area (Å²) in [5.41, 5.74) is 1.70. The Labute approximate surface area is 111 Å². The van der Waals surface area contributed by atoms with E-state index in [4.69, 9.17) is 0 Å². The molecular weight excluding hydrogens is 245 g/mol. The third-order valence-corrected chi connectivity index (χ3v) is 3.21. The largest absolute Gasteiger partial charge is 0.508 e. The first-order valence-corrected chi connectivity index (χ1v) is 6.26. The Morgan fingerprint density at radius 2 is 2.21 bits per heavy atom. The molecule has 19 heavy (non-hydrogen) atoms. The number of phenolic OH excluding ortho intramolecular Hbond substituents is 1. The van der Waals surface area contributed by atoms with Gasteiger partial charge in [0, 0.05) is 43.5 Å². The molecule has 0 radical (unpaired) electrons. The van der Waals surface area contributed by atoms with Crippen LogP contribution in [0.4, 0.5) is 4.39 Å². The lowest BCUT2D eigenvalue weighted by atomic mass is 10.1. The molecule has 102 valence electrons. The summed E-state index contributed by atoms with van der Waals surface area (Å²) < 4.78 is 15.0. The maximum Gasteiger partial charge on any atom is 0.123 e. The van der Waals surface area contributed by atoms with Crippen LogP contribution < -0.4 is 5.32 Å². The standard InChI is InChI=1S/C14H18FN3O/c1-10(13-9-11(15)3-4-14(13)19)16-7-5-12-6-8-17-18(12)2/h3-4,6,8-10,16,19H,5,7H2,1-2H3. The first kappa shape index (κ1) is 13.5. The fraction of sp³-hybridized carbons (Fsp3) is 0.357. The van der Waals surface area contributed by atoms with Gasteiger partial charge in [0.15, 0.2) is 0 Å². The molecule has 0 bridgehead atoms. The second-order valence-electron chi connectivity index (χ2n) is 4.58. The second kappa shape index (κ2) is 5.84. The van der Waals surface area contributed by atoms with E-state index in [1.807, 2.05) is 24.7 Å². The molecule has 4 nitrogen and oxygen atoms in total. The molecule has 0 aliphatic rings. The van der Waals surface area contributed by atoms with E-state index in [9.17, 15) is 9.50 Å². The van der Waals surface area contributed by atoms with Crippen molar-refractivity contribution in [1.29, 1.82) is 0 Å². The zero-order valence-corrected chi connectivity index (χ0v) is 11.1. The van der Waals surface area contributed by atoms with Crippen LogP contribution in [0.2, 0.25) is 0 Å². The molecule has 1 atom stereocenters. The highest BCUT2D eigenvalue weighted by Crippen LogP contribution is 2.24. The number of hydrogen-bond donors (Lipinski definition) is 2. The summed E-state index contributed by atoms with van der Waals surface area (Å²) in [5, 5.41) is 17.1. The normalized spacial score (nSPS) is 12.6. The van der Waals surface area contributed by atoms with Crippen molar-refractivity contribution in [2.45, 2.75) is 19.4 Å². The summed E-state index contributed by atoms with van der Waals surface area (Å²) in [7, 11) is 1.90. The molecule has 0 aliphatic heterocycles. The SMILES string of the molecule is CC(NCCc1ccnn1C)c1cc(F)ccc1O. The summed E-state index contributed by atoms with van der Waals surface area (Å²) in [6.07, 6.45) is 2.59. The van der Waals surface area contributed by atoms with Gasteiger partial charge in [0.1, 0.15) is 11.6 Å². The predicted octanol–water partition coefficient (Wildman–Crippen LogP) is 2.16. The highest BCUT2D eigenvalue weighted by Gasteiger charge is 2.11. The Balaban J connectivity index is 1.92. The van der Waals surface area contributed by atoms with Gasteiger partial charge < -0.3 is 10.4 Å². The number of nitrogens with zero attached hydrogens (tertiary/aromatic N) is 2. The molecule has 2 aromatic rings. The van der Waals surface area contributed by atoms with Gasteiger partial charge in [-0.25, -0.2) is 4.39 Å². The first-order valence-electron chi connectivity index (χ1n) is 6.26. The van der Waals surface area contributed by atoms with E-state index in [0.29, 0.717) is 5.56 Å². The molecule has 2 N–H and O–H groups in total. The highest BCUT2D eigenvalue weighted by molar-refractivity contribution is 5.34. The molecule has 0 saturated carbocycles. The summed E-state index contributed by atoms with van der Waals surface area (Å²) in [6.45, 7) is 2.63. The smallest absolute Gasteiger partial charge is 0.123 e. The van der Waals surface area contributed by atoms with Gasteiger partial charge in [0.05, 0.1) is 0 Å². The summed E-state index contributed by atoms with van der Waals surface area (Å²) >= 11 is 0. The van der Waals surface area contributed by atoms with Crippen LogP contribution in [0.3, 0.4) is 0 Å². The Hall–Kier alpha value is -1.88. The molecular formula is C14H18FN3O. The summed E-state index contributed by atoms with van der Waals surface area (Å²) in [6, 6.07) is 5.85. The fourth-order valence-corrected chi connectivity index (χ4v) is 2.05. The Morgan fingerprint density at radius 3 is 2.89 bits per heavy atom. The van der Waals surface area contributed by atoms with Gasteiger partial charge in [-0.3, -0.25) is 4.68 Å². The Morgan fingerprint density at radius 1 is 1.42 bits per heavy atom. The molecule has 1 aromatic heterocycles. The lowest BCUT2D eigenvalue weighted by molar-refractivity contribution is 0.449. The lowest BCUT2D eigenvalue weighted by Gasteiger charge is -2.15. The van der Waals surface area contributed by atoms with Crippen LogP contribution in [-0.2, 0) is 13.5 Å². The highest BCUT2D eigenvalue weighted by atomic mass is 19.1. The maximum atomic E-state index is 13.2. The van der Waals surface area contributed by atoms with E-state index >= 15 is 0 Å². The van der Waals surface area contributed by atoms with Gasteiger partial charge >= 0.3 is 0 Å². The van der Waals surface area contributed by atoms with E-state index in [0.717, 1.165) is 18.7 Å². The molecule has 0 aliphatic carbocycles. The molecule has 0 fully saturated rings. The number of nitrogens with one attached hydrogen (secondary N) is 1. The number of hydrogen-bond acceptors (Lipinski definition) is 3. The Kier molecular flexibility index (Phi) is 4.16. The number of aryl methyl sites for hydroxylation is 1. The molecule has 1 heterocycles. The van der Waals surface area contributed by atoms with E-state index in [1.165, 1.54) is 18.2 Å². The fourth-order valence-electron chi connectivity index (χ4n) is 2.05. The number of rotatable bonds is 5. The minimum Gasteiger partial charge on any atom is -0.508 e. The molecule has 1 unspecified atom stereocenters. The van der Waals surface area contributed by atoms with Crippen molar-refractivity contribution in [2.24, 2.45) is 7.05 Å². The van der Waals surface area contributed by atoms with E-state index in [1.54, 1.807) is 6.20 Å². The van der Waals surface area contributed by atoms with E-state index in [-0.39, 0.29) is 17.6 Å². The molecule has 0 spiro atoms. The van der Waals surface area contributed by atoms with Crippen LogP contribution >= 0.6 is 0 Å². The minimum absolute atomic E-state index is 0.107. The maximum absolute atomic E-state index is 13.2. The summed E-state index contributed by atoms with van der Waals surface area (Å²) in [4.78, 5) is 0. The average Bonchev–Trinajstić information content (AvgIpc) is 2.78. The van der Waals surface area contributed by atoms with Gasteiger partial charge in [-0.2, -0.15) is 5.10 Å². The van der Waals surface area contributed by atoms with Crippen molar-refractivity contribution in [3.8, 4) is 5.75 Å². The van der Waals surface area contributed by atoms with Crippen molar-refractivity contribution in [2.75, 3.05) is 6.54 Å². The minimum atomic E-state index is -0.340. The number of phenols is 1. The molecule has 5 heteroatoms. The molecule has 2 rings (SSSR count). The van der Waals surface area contributed by atoms with Gasteiger partial charge in [0.2, 0.25) is 0 Å². The number of benzene rings is 1. The number of aromatic hydroxyl groups is 1. The average molecular weight is 263 g/mol.